The second-order valence-electron chi connectivity index (χ2n) is 4.51. The SMILES string of the molecule is O[C@H](COCCOc1ccc(Cl)cc1)CSc1ccccn1. The van der Waals surface area contributed by atoms with E-state index in [0.717, 1.165) is 10.8 Å². The molecule has 0 bridgehead atoms. The van der Waals surface area contributed by atoms with E-state index in [1.165, 1.54) is 11.8 Å². The third-order valence-corrected chi connectivity index (χ3v) is 4.02. The van der Waals surface area contributed by atoms with Crippen molar-refractivity contribution in [3.63, 3.8) is 0 Å². The van der Waals surface area contributed by atoms with E-state index in [2.05, 4.69) is 4.98 Å². The Hall–Kier alpha value is -1.27. The highest BCUT2D eigenvalue weighted by Gasteiger charge is 2.06. The Kier molecular flexibility index (Phi) is 7.53. The Morgan fingerprint density at radius 1 is 1.14 bits per heavy atom. The van der Waals surface area contributed by atoms with Crippen LogP contribution in [-0.4, -0.2) is 41.8 Å². The van der Waals surface area contributed by atoms with E-state index in [9.17, 15) is 5.11 Å². The van der Waals surface area contributed by atoms with Crippen LogP contribution in [0.2, 0.25) is 5.02 Å². The zero-order chi connectivity index (χ0) is 15.6. The van der Waals surface area contributed by atoms with Gasteiger partial charge in [-0.3, -0.25) is 0 Å². The molecule has 0 amide bonds. The van der Waals surface area contributed by atoms with Crippen molar-refractivity contribution < 1.29 is 14.6 Å². The van der Waals surface area contributed by atoms with Gasteiger partial charge < -0.3 is 14.6 Å². The standard InChI is InChI=1S/C16H18ClNO3S/c17-13-4-6-15(7-5-13)21-10-9-20-11-14(19)12-22-16-3-1-2-8-18-16/h1-8,14,19H,9-12H2/t14-/m1/s1. The summed E-state index contributed by atoms with van der Waals surface area (Å²) in [5.41, 5.74) is 0. The Bertz CT molecular complexity index is 539. The first-order chi connectivity index (χ1) is 10.7. The maximum Gasteiger partial charge on any atom is 0.119 e. The number of aliphatic hydroxyl groups is 1. The van der Waals surface area contributed by atoms with Gasteiger partial charge in [0, 0.05) is 17.0 Å². The minimum Gasteiger partial charge on any atom is -0.491 e. The van der Waals surface area contributed by atoms with Gasteiger partial charge in [-0.2, -0.15) is 0 Å². The minimum absolute atomic E-state index is 0.282. The third-order valence-electron chi connectivity index (χ3n) is 2.68. The number of halogens is 1. The molecule has 0 fully saturated rings. The lowest BCUT2D eigenvalue weighted by atomic mass is 10.3. The molecular weight excluding hydrogens is 322 g/mol. The first kappa shape index (κ1) is 17.1. The summed E-state index contributed by atoms with van der Waals surface area (Å²) < 4.78 is 10.9. The topological polar surface area (TPSA) is 51.6 Å². The van der Waals surface area contributed by atoms with E-state index in [-0.39, 0.29) is 6.61 Å². The predicted octanol–water partition coefficient (Wildman–Crippen LogP) is 3.28. The summed E-state index contributed by atoms with van der Waals surface area (Å²) in [5.74, 6) is 1.30. The molecule has 0 saturated heterocycles. The number of ether oxygens (including phenoxy) is 2. The van der Waals surface area contributed by atoms with Crippen molar-refractivity contribution in [1.29, 1.82) is 0 Å². The van der Waals surface area contributed by atoms with E-state index < -0.39 is 6.10 Å². The number of aliphatic hydroxyl groups excluding tert-OH is 1. The van der Waals surface area contributed by atoms with Crippen molar-refractivity contribution in [2.45, 2.75) is 11.1 Å². The lowest BCUT2D eigenvalue weighted by Crippen LogP contribution is -2.20. The van der Waals surface area contributed by atoms with E-state index in [1.807, 2.05) is 18.2 Å². The molecule has 22 heavy (non-hydrogen) atoms. The van der Waals surface area contributed by atoms with Crippen molar-refractivity contribution >= 4 is 23.4 Å². The van der Waals surface area contributed by atoms with E-state index in [4.69, 9.17) is 21.1 Å². The molecule has 4 nitrogen and oxygen atoms in total. The van der Waals surface area contributed by atoms with Crippen LogP contribution in [0.5, 0.6) is 5.75 Å². The zero-order valence-corrected chi connectivity index (χ0v) is 13.6. The molecule has 1 N–H and O–H groups in total. The Morgan fingerprint density at radius 3 is 2.68 bits per heavy atom. The summed E-state index contributed by atoms with van der Waals surface area (Å²) in [6.07, 6.45) is 1.21. The fourth-order valence-electron chi connectivity index (χ4n) is 1.63. The van der Waals surface area contributed by atoms with Gasteiger partial charge in [-0.25, -0.2) is 4.98 Å². The fourth-order valence-corrected chi connectivity index (χ4v) is 2.53. The van der Waals surface area contributed by atoms with E-state index >= 15 is 0 Å². The molecule has 0 aliphatic rings. The molecule has 118 valence electrons. The van der Waals surface area contributed by atoms with Gasteiger partial charge in [-0.15, -0.1) is 11.8 Å². The van der Waals surface area contributed by atoms with Crippen LogP contribution in [0.1, 0.15) is 0 Å². The Labute approximate surface area is 139 Å². The van der Waals surface area contributed by atoms with Crippen LogP contribution in [0.3, 0.4) is 0 Å². The molecule has 1 heterocycles. The minimum atomic E-state index is -0.525. The number of rotatable bonds is 9. The summed E-state index contributed by atoms with van der Waals surface area (Å²) in [6.45, 7) is 1.14. The van der Waals surface area contributed by atoms with Gasteiger partial charge in [0.05, 0.1) is 24.3 Å². The number of thioether (sulfide) groups is 1. The summed E-state index contributed by atoms with van der Waals surface area (Å²) in [7, 11) is 0. The number of hydrogen-bond acceptors (Lipinski definition) is 5. The van der Waals surface area contributed by atoms with Crippen LogP contribution in [-0.2, 0) is 4.74 Å². The van der Waals surface area contributed by atoms with Crippen molar-refractivity contribution in [2.75, 3.05) is 25.6 Å². The normalized spacial score (nSPS) is 12.1. The Balaban J connectivity index is 1.53. The molecule has 2 aromatic rings. The highest BCUT2D eigenvalue weighted by atomic mass is 35.5. The number of benzene rings is 1. The molecule has 1 atom stereocenters. The van der Waals surface area contributed by atoms with Crippen LogP contribution in [0, 0.1) is 0 Å². The number of aromatic nitrogens is 1. The highest BCUT2D eigenvalue weighted by molar-refractivity contribution is 7.99. The van der Waals surface area contributed by atoms with Gasteiger partial charge >= 0.3 is 0 Å². The van der Waals surface area contributed by atoms with Crippen molar-refractivity contribution in [2.24, 2.45) is 0 Å². The van der Waals surface area contributed by atoms with E-state index in [0.29, 0.717) is 24.0 Å². The lowest BCUT2D eigenvalue weighted by molar-refractivity contribution is 0.0348. The molecule has 2 rings (SSSR count). The molecule has 0 radical (unpaired) electrons. The van der Waals surface area contributed by atoms with Crippen LogP contribution >= 0.6 is 23.4 Å². The maximum atomic E-state index is 9.83. The van der Waals surface area contributed by atoms with E-state index in [1.54, 1.807) is 30.5 Å². The first-order valence-electron chi connectivity index (χ1n) is 6.92. The number of hydrogen-bond donors (Lipinski definition) is 1. The smallest absolute Gasteiger partial charge is 0.119 e. The van der Waals surface area contributed by atoms with Gasteiger partial charge in [0.25, 0.3) is 0 Å². The second kappa shape index (κ2) is 9.69. The molecule has 0 unspecified atom stereocenters. The van der Waals surface area contributed by atoms with Crippen LogP contribution in [0.15, 0.2) is 53.7 Å². The molecule has 6 heteroatoms. The largest absolute Gasteiger partial charge is 0.491 e. The van der Waals surface area contributed by atoms with Gasteiger partial charge in [-0.05, 0) is 36.4 Å². The third kappa shape index (κ3) is 6.66. The highest BCUT2D eigenvalue weighted by Crippen LogP contribution is 2.16. The molecule has 1 aromatic carbocycles. The number of nitrogens with zero attached hydrogens (tertiary/aromatic N) is 1. The zero-order valence-electron chi connectivity index (χ0n) is 12.0. The first-order valence-corrected chi connectivity index (χ1v) is 8.28. The average Bonchev–Trinajstić information content (AvgIpc) is 2.55. The summed E-state index contributed by atoms with van der Waals surface area (Å²) >= 11 is 7.30. The summed E-state index contributed by atoms with van der Waals surface area (Å²) in [5, 5.41) is 11.4. The summed E-state index contributed by atoms with van der Waals surface area (Å²) in [6, 6.07) is 12.9. The van der Waals surface area contributed by atoms with Gasteiger partial charge in [-0.1, -0.05) is 17.7 Å². The molecule has 1 aromatic heterocycles. The summed E-state index contributed by atoms with van der Waals surface area (Å²) in [4.78, 5) is 4.18. The average molecular weight is 340 g/mol. The quantitative estimate of drug-likeness (QED) is 0.561. The van der Waals surface area contributed by atoms with Crippen molar-refractivity contribution in [1.82, 2.24) is 4.98 Å². The Morgan fingerprint density at radius 2 is 1.95 bits per heavy atom. The maximum absolute atomic E-state index is 9.83. The monoisotopic (exact) mass is 339 g/mol. The van der Waals surface area contributed by atoms with Crippen LogP contribution in [0.4, 0.5) is 0 Å². The van der Waals surface area contributed by atoms with Crippen LogP contribution in [0.25, 0.3) is 0 Å². The van der Waals surface area contributed by atoms with Gasteiger partial charge in [0.2, 0.25) is 0 Å². The lowest BCUT2D eigenvalue weighted by Gasteiger charge is -2.11. The predicted molar refractivity (Wildman–Crippen MR) is 88.7 cm³/mol. The molecule has 0 aliphatic carbocycles. The molecule has 0 saturated carbocycles. The van der Waals surface area contributed by atoms with Gasteiger partial charge in [0.15, 0.2) is 0 Å². The fraction of sp³-hybridized carbons (Fsp3) is 0.312. The molecule has 0 spiro atoms. The molecular formula is C16H18ClNO3S. The number of pyridine rings is 1. The van der Waals surface area contributed by atoms with Crippen molar-refractivity contribution in [3.8, 4) is 5.75 Å². The second-order valence-corrected chi connectivity index (χ2v) is 5.99. The van der Waals surface area contributed by atoms with Crippen LogP contribution < -0.4 is 4.74 Å². The van der Waals surface area contributed by atoms with Gasteiger partial charge in [0.1, 0.15) is 12.4 Å². The van der Waals surface area contributed by atoms with Crippen molar-refractivity contribution in [3.05, 3.63) is 53.7 Å². The molecule has 0 aliphatic heterocycles.